The summed E-state index contributed by atoms with van der Waals surface area (Å²) in [6.07, 6.45) is 3.43. The van der Waals surface area contributed by atoms with E-state index in [1.807, 2.05) is 0 Å². The summed E-state index contributed by atoms with van der Waals surface area (Å²) in [5.74, 6) is -1.47. The molecule has 1 atom stereocenters. The zero-order chi connectivity index (χ0) is 16.9. The van der Waals surface area contributed by atoms with E-state index in [1.54, 1.807) is 6.20 Å². The summed E-state index contributed by atoms with van der Waals surface area (Å²) >= 11 is 0. The van der Waals surface area contributed by atoms with Gasteiger partial charge in [-0.25, -0.2) is 23.3 Å². The molecule has 0 radical (unpaired) electrons. The Morgan fingerprint density at radius 2 is 2.04 bits per heavy atom. The minimum atomic E-state index is -4.04. The van der Waals surface area contributed by atoms with Crippen molar-refractivity contribution in [2.75, 3.05) is 0 Å². The number of carbonyl (C=O) groups excluding carboxylic acids is 1. The minimum Gasteiger partial charge on any atom is -0.348 e. The van der Waals surface area contributed by atoms with Crippen LogP contribution in [0.3, 0.4) is 0 Å². The zero-order valence-electron chi connectivity index (χ0n) is 11.9. The normalized spacial score (nSPS) is 12.8. The van der Waals surface area contributed by atoms with Crippen molar-refractivity contribution in [3.63, 3.8) is 0 Å². The van der Waals surface area contributed by atoms with Crippen molar-refractivity contribution in [3.8, 4) is 0 Å². The predicted octanol–water partition coefficient (Wildman–Crippen LogP) is 0.334. The first-order valence-electron chi connectivity index (χ1n) is 6.61. The number of hydroxylamine groups is 1. The third kappa shape index (κ3) is 4.58. The van der Waals surface area contributed by atoms with Crippen LogP contribution in [0.1, 0.15) is 12.1 Å². The smallest absolute Gasteiger partial charge is 0.261 e. The predicted molar refractivity (Wildman–Crippen MR) is 77.3 cm³/mol. The third-order valence-electron chi connectivity index (χ3n) is 3.11. The summed E-state index contributed by atoms with van der Waals surface area (Å²) < 4.78 is 39.5. The van der Waals surface area contributed by atoms with Gasteiger partial charge in [0.1, 0.15) is 11.9 Å². The summed E-state index contributed by atoms with van der Waals surface area (Å²) in [6.45, 7) is 0. The number of hydrogen-bond acceptors (Lipinski definition) is 5. The van der Waals surface area contributed by atoms with Gasteiger partial charge in [-0.05, 0) is 37.1 Å². The molecular formula is C13H15FN4O4S. The molecule has 23 heavy (non-hydrogen) atoms. The molecule has 2 rings (SSSR count). The molecule has 0 saturated heterocycles. The third-order valence-corrected chi connectivity index (χ3v) is 4.59. The molecule has 0 aliphatic rings. The number of imidazole rings is 1. The average Bonchev–Trinajstić information content (AvgIpc) is 3.04. The topological polar surface area (TPSA) is 124 Å². The summed E-state index contributed by atoms with van der Waals surface area (Å²) in [5.41, 5.74) is 2.14. The van der Waals surface area contributed by atoms with Crippen molar-refractivity contribution in [1.82, 2.24) is 20.2 Å². The van der Waals surface area contributed by atoms with Crippen molar-refractivity contribution >= 4 is 15.9 Å². The molecule has 2 aromatic rings. The first kappa shape index (κ1) is 17.1. The number of sulfonamides is 1. The van der Waals surface area contributed by atoms with E-state index >= 15 is 0 Å². The van der Waals surface area contributed by atoms with Gasteiger partial charge in [0.05, 0.1) is 11.2 Å². The molecule has 0 spiro atoms. The molecule has 1 aromatic heterocycles. The van der Waals surface area contributed by atoms with E-state index in [-0.39, 0.29) is 11.3 Å². The number of nitrogens with one attached hydrogen (secondary N) is 3. The minimum absolute atomic E-state index is 0.0923. The van der Waals surface area contributed by atoms with Gasteiger partial charge in [-0.15, -0.1) is 0 Å². The van der Waals surface area contributed by atoms with Gasteiger partial charge in [0, 0.05) is 11.9 Å². The van der Waals surface area contributed by atoms with Crippen molar-refractivity contribution < 1.29 is 22.8 Å². The number of rotatable bonds is 7. The number of benzene rings is 1. The van der Waals surface area contributed by atoms with Crippen molar-refractivity contribution in [2.24, 2.45) is 0 Å². The van der Waals surface area contributed by atoms with Crippen molar-refractivity contribution in [3.05, 3.63) is 48.3 Å². The molecule has 10 heteroatoms. The lowest BCUT2D eigenvalue weighted by atomic mass is 10.1. The molecular weight excluding hydrogens is 327 g/mol. The first-order valence-corrected chi connectivity index (χ1v) is 8.10. The average molecular weight is 342 g/mol. The fourth-order valence-corrected chi connectivity index (χ4v) is 3.14. The van der Waals surface area contributed by atoms with Crippen LogP contribution in [0.2, 0.25) is 0 Å². The van der Waals surface area contributed by atoms with Crippen LogP contribution >= 0.6 is 0 Å². The first-order chi connectivity index (χ1) is 10.9. The Morgan fingerprint density at radius 3 is 2.61 bits per heavy atom. The quantitative estimate of drug-likeness (QED) is 0.426. The number of amides is 1. The highest BCUT2D eigenvalue weighted by Gasteiger charge is 2.25. The Kier molecular flexibility index (Phi) is 5.42. The standard InChI is InChI=1S/C13H15FN4O4S/c14-9-1-4-11(5-2-9)23(21,22)18-12(13(19)17-20)6-3-10-7-15-8-16-10/h1-2,4-5,7-8,12,18,20H,3,6H2,(H,15,16)(H,17,19). The lowest BCUT2D eigenvalue weighted by Gasteiger charge is -2.16. The Morgan fingerprint density at radius 1 is 1.35 bits per heavy atom. The molecule has 0 aliphatic carbocycles. The monoisotopic (exact) mass is 342 g/mol. The number of H-pyrrole nitrogens is 1. The van der Waals surface area contributed by atoms with E-state index in [1.165, 1.54) is 11.8 Å². The maximum Gasteiger partial charge on any atom is 0.261 e. The van der Waals surface area contributed by atoms with Gasteiger partial charge in [-0.2, -0.15) is 4.72 Å². The number of nitrogens with zero attached hydrogens (tertiary/aromatic N) is 1. The molecule has 0 fully saturated rings. The molecule has 1 heterocycles. The van der Waals surface area contributed by atoms with E-state index in [0.29, 0.717) is 12.1 Å². The second kappa shape index (κ2) is 7.31. The molecule has 0 aliphatic heterocycles. The molecule has 1 unspecified atom stereocenters. The van der Waals surface area contributed by atoms with Crippen LogP contribution in [-0.2, 0) is 21.2 Å². The summed E-state index contributed by atoms with van der Waals surface area (Å²) in [4.78, 5) is 18.1. The Balaban J connectivity index is 2.12. The second-order valence-electron chi connectivity index (χ2n) is 4.72. The highest BCUT2D eigenvalue weighted by Crippen LogP contribution is 2.12. The van der Waals surface area contributed by atoms with Crippen LogP contribution < -0.4 is 10.2 Å². The van der Waals surface area contributed by atoms with Gasteiger partial charge >= 0.3 is 0 Å². The summed E-state index contributed by atoms with van der Waals surface area (Å²) in [5, 5.41) is 8.76. The van der Waals surface area contributed by atoms with Gasteiger partial charge in [0.2, 0.25) is 10.0 Å². The van der Waals surface area contributed by atoms with Crippen LogP contribution in [0.5, 0.6) is 0 Å². The summed E-state index contributed by atoms with van der Waals surface area (Å²) in [6, 6.07) is 2.97. The van der Waals surface area contributed by atoms with E-state index in [4.69, 9.17) is 5.21 Å². The van der Waals surface area contributed by atoms with Crippen LogP contribution in [0.15, 0.2) is 41.7 Å². The molecule has 124 valence electrons. The van der Waals surface area contributed by atoms with Crippen molar-refractivity contribution in [2.45, 2.75) is 23.8 Å². The fraction of sp³-hybridized carbons (Fsp3) is 0.231. The highest BCUT2D eigenvalue weighted by atomic mass is 32.2. The van der Waals surface area contributed by atoms with Crippen LogP contribution in [0.25, 0.3) is 0 Å². The molecule has 4 N–H and O–H groups in total. The fourth-order valence-electron chi connectivity index (χ4n) is 1.91. The van der Waals surface area contributed by atoms with Crippen LogP contribution in [0.4, 0.5) is 4.39 Å². The molecule has 1 aromatic carbocycles. The van der Waals surface area contributed by atoms with Gasteiger partial charge in [0.15, 0.2) is 0 Å². The molecule has 1 amide bonds. The number of aromatic nitrogens is 2. The SMILES string of the molecule is O=C(NO)C(CCc1cnc[nH]1)NS(=O)(=O)c1ccc(F)cc1. The van der Waals surface area contributed by atoms with E-state index in [0.717, 1.165) is 24.3 Å². The van der Waals surface area contributed by atoms with E-state index < -0.39 is 27.8 Å². The Bertz CT molecular complexity index is 747. The maximum atomic E-state index is 12.9. The largest absolute Gasteiger partial charge is 0.348 e. The zero-order valence-corrected chi connectivity index (χ0v) is 12.7. The lowest BCUT2D eigenvalue weighted by molar-refractivity contribution is -0.131. The second-order valence-corrected chi connectivity index (χ2v) is 6.43. The van der Waals surface area contributed by atoms with E-state index in [9.17, 15) is 17.6 Å². The maximum absolute atomic E-state index is 12.9. The highest BCUT2D eigenvalue weighted by molar-refractivity contribution is 7.89. The molecule has 0 bridgehead atoms. The van der Waals surface area contributed by atoms with E-state index in [2.05, 4.69) is 14.7 Å². The lowest BCUT2D eigenvalue weighted by Crippen LogP contribution is -2.46. The number of carbonyl (C=O) groups is 1. The summed E-state index contributed by atoms with van der Waals surface area (Å²) in [7, 11) is -4.04. The van der Waals surface area contributed by atoms with Crippen molar-refractivity contribution in [1.29, 1.82) is 0 Å². The number of aryl methyl sites for hydroxylation is 1. The molecule has 0 saturated carbocycles. The number of halogens is 1. The Hall–Kier alpha value is -2.30. The van der Waals surface area contributed by atoms with Crippen LogP contribution in [0, 0.1) is 5.82 Å². The van der Waals surface area contributed by atoms with Gasteiger partial charge in [0.25, 0.3) is 5.91 Å². The van der Waals surface area contributed by atoms with Gasteiger partial charge < -0.3 is 4.98 Å². The molecule has 8 nitrogen and oxygen atoms in total. The van der Waals surface area contributed by atoms with Crippen LogP contribution in [-0.4, -0.2) is 35.5 Å². The van der Waals surface area contributed by atoms with Gasteiger partial charge in [-0.1, -0.05) is 0 Å². The number of aromatic amines is 1. The Labute approximate surface area is 131 Å². The van der Waals surface area contributed by atoms with Gasteiger partial charge in [-0.3, -0.25) is 10.0 Å². The number of hydrogen-bond donors (Lipinski definition) is 4.